The lowest BCUT2D eigenvalue weighted by Gasteiger charge is -2.15. The van der Waals surface area contributed by atoms with Gasteiger partial charge < -0.3 is 0 Å². The Labute approximate surface area is 162 Å². The first kappa shape index (κ1) is 17.9. The van der Waals surface area contributed by atoms with Gasteiger partial charge in [0.25, 0.3) is 15.6 Å². The molecule has 0 unspecified atom stereocenters. The van der Waals surface area contributed by atoms with Gasteiger partial charge in [0.1, 0.15) is 11.6 Å². The van der Waals surface area contributed by atoms with Crippen LogP contribution < -0.4 is 10.3 Å². The molecule has 2 aromatic heterocycles. The van der Waals surface area contributed by atoms with Crippen LogP contribution >= 0.6 is 0 Å². The quantitative estimate of drug-likeness (QED) is 0.577. The summed E-state index contributed by atoms with van der Waals surface area (Å²) in [7, 11) is -3.88. The molecule has 2 heterocycles. The molecule has 1 N–H and O–H groups in total. The van der Waals surface area contributed by atoms with Gasteiger partial charge in [-0.3, -0.25) is 9.52 Å². The van der Waals surface area contributed by atoms with E-state index in [0.29, 0.717) is 16.6 Å². The van der Waals surface area contributed by atoms with E-state index in [1.165, 1.54) is 16.7 Å². The van der Waals surface area contributed by atoms with Gasteiger partial charge in [0.05, 0.1) is 4.90 Å². The third kappa shape index (κ3) is 3.27. The predicted octanol–water partition coefficient (Wildman–Crippen LogP) is 3.49. The van der Waals surface area contributed by atoms with Crippen LogP contribution in [0.15, 0.2) is 88.7 Å². The number of benzene rings is 2. The molecule has 28 heavy (non-hydrogen) atoms. The average molecular weight is 391 g/mol. The molecule has 2 aromatic carbocycles. The Balaban J connectivity index is 1.93. The van der Waals surface area contributed by atoms with Crippen LogP contribution in [-0.4, -0.2) is 18.0 Å². The van der Waals surface area contributed by atoms with Gasteiger partial charge in [0, 0.05) is 11.6 Å². The summed E-state index contributed by atoms with van der Waals surface area (Å²) in [6.07, 6.45) is 1.55. The van der Waals surface area contributed by atoms with E-state index in [1.807, 2.05) is 6.92 Å². The van der Waals surface area contributed by atoms with Crippen LogP contribution in [-0.2, 0) is 10.0 Å². The average Bonchev–Trinajstić information content (AvgIpc) is 2.69. The predicted molar refractivity (Wildman–Crippen MR) is 109 cm³/mol. The molecule has 6 nitrogen and oxygen atoms in total. The van der Waals surface area contributed by atoms with Gasteiger partial charge in [-0.2, -0.15) is 0 Å². The number of hydrogen-bond acceptors (Lipinski definition) is 4. The maximum absolute atomic E-state index is 13.1. The third-order valence-electron chi connectivity index (χ3n) is 4.38. The Bertz CT molecular complexity index is 1310. The second-order valence-electron chi connectivity index (χ2n) is 6.36. The second-order valence-corrected chi connectivity index (χ2v) is 8.05. The summed E-state index contributed by atoms with van der Waals surface area (Å²) >= 11 is 0. The van der Waals surface area contributed by atoms with Crippen molar-refractivity contribution in [3.8, 4) is 5.82 Å². The monoisotopic (exact) mass is 391 g/mol. The molecule has 0 aliphatic heterocycles. The Kier molecular flexibility index (Phi) is 4.44. The number of nitrogens with one attached hydrogen (secondary N) is 1. The molecule has 4 aromatic rings. The summed E-state index contributed by atoms with van der Waals surface area (Å²) in [5, 5.41) is 1.12. The third-order valence-corrected chi connectivity index (χ3v) is 5.75. The molecular weight excluding hydrogens is 374 g/mol. The maximum Gasteiger partial charge on any atom is 0.265 e. The number of nitrogens with zero attached hydrogens (tertiary/aromatic N) is 2. The summed E-state index contributed by atoms with van der Waals surface area (Å²) in [6.45, 7) is 1.88. The van der Waals surface area contributed by atoms with E-state index in [-0.39, 0.29) is 16.3 Å². The first-order valence-electron chi connectivity index (χ1n) is 8.61. The normalized spacial score (nSPS) is 11.5. The second kappa shape index (κ2) is 6.94. The molecule has 0 amide bonds. The smallest absolute Gasteiger partial charge is 0.265 e. The van der Waals surface area contributed by atoms with Gasteiger partial charge in [-0.15, -0.1) is 0 Å². The molecule has 0 fully saturated rings. The molecule has 0 saturated carbocycles. The Morgan fingerprint density at radius 1 is 0.929 bits per heavy atom. The van der Waals surface area contributed by atoms with Crippen molar-refractivity contribution in [1.29, 1.82) is 0 Å². The van der Waals surface area contributed by atoms with Gasteiger partial charge in [-0.1, -0.05) is 42.0 Å². The van der Waals surface area contributed by atoms with E-state index in [1.54, 1.807) is 66.9 Å². The van der Waals surface area contributed by atoms with Crippen LogP contribution in [0.25, 0.3) is 16.6 Å². The number of aryl methyl sites for hydroxylation is 1. The van der Waals surface area contributed by atoms with Crippen molar-refractivity contribution in [2.75, 3.05) is 4.72 Å². The van der Waals surface area contributed by atoms with Crippen molar-refractivity contribution in [1.82, 2.24) is 9.55 Å². The highest BCUT2D eigenvalue weighted by Crippen LogP contribution is 2.22. The molecule has 0 aliphatic carbocycles. The van der Waals surface area contributed by atoms with Gasteiger partial charge in [0.2, 0.25) is 0 Å². The highest BCUT2D eigenvalue weighted by molar-refractivity contribution is 7.92. The molecule has 0 aliphatic rings. The number of anilines is 1. The fourth-order valence-corrected chi connectivity index (χ4v) is 4.00. The summed E-state index contributed by atoms with van der Waals surface area (Å²) in [4.78, 5) is 17.4. The number of fused-ring (bicyclic) bond motifs is 1. The number of rotatable bonds is 4. The Hall–Kier alpha value is -3.45. The van der Waals surface area contributed by atoms with Crippen molar-refractivity contribution in [3.05, 3.63) is 94.9 Å². The molecule has 7 heteroatoms. The highest BCUT2D eigenvalue weighted by Gasteiger charge is 2.19. The van der Waals surface area contributed by atoms with Crippen LogP contribution in [0, 0.1) is 6.92 Å². The molecule has 0 saturated heterocycles. The SMILES string of the molecule is Cc1ccc(S(=O)(=O)Nc2cc3ccccc3c(=O)n2-c2ccccn2)cc1. The number of hydrogen-bond donors (Lipinski definition) is 1. The van der Waals surface area contributed by atoms with Gasteiger partial charge in [0.15, 0.2) is 0 Å². The molecule has 0 bridgehead atoms. The lowest BCUT2D eigenvalue weighted by Crippen LogP contribution is -2.25. The maximum atomic E-state index is 13.1. The van der Waals surface area contributed by atoms with Gasteiger partial charge >= 0.3 is 0 Å². The number of aromatic nitrogens is 2. The zero-order valence-corrected chi connectivity index (χ0v) is 15.8. The molecular formula is C21H17N3O3S. The molecule has 4 rings (SSSR count). The highest BCUT2D eigenvalue weighted by atomic mass is 32.2. The fraction of sp³-hybridized carbons (Fsp3) is 0.0476. The van der Waals surface area contributed by atoms with Crippen LogP contribution in [0.4, 0.5) is 5.82 Å². The summed E-state index contributed by atoms with van der Waals surface area (Å²) in [5.41, 5.74) is 0.605. The first-order valence-corrected chi connectivity index (χ1v) is 10.1. The van der Waals surface area contributed by atoms with Crippen molar-refractivity contribution >= 4 is 26.6 Å². The minimum Gasteiger partial charge on any atom is -0.268 e. The molecule has 0 radical (unpaired) electrons. The Morgan fingerprint density at radius 2 is 1.64 bits per heavy atom. The molecule has 0 atom stereocenters. The summed E-state index contributed by atoms with van der Waals surface area (Å²) in [6, 6.07) is 20.3. The van der Waals surface area contributed by atoms with Crippen LogP contribution in [0.5, 0.6) is 0 Å². The minimum absolute atomic E-state index is 0.117. The van der Waals surface area contributed by atoms with Crippen molar-refractivity contribution in [3.63, 3.8) is 0 Å². The van der Waals surface area contributed by atoms with Crippen molar-refractivity contribution in [2.24, 2.45) is 0 Å². The zero-order chi connectivity index (χ0) is 19.7. The largest absolute Gasteiger partial charge is 0.268 e. The van der Waals surface area contributed by atoms with Gasteiger partial charge in [-0.05, 0) is 48.7 Å². The number of sulfonamides is 1. The lowest BCUT2D eigenvalue weighted by molar-refractivity contribution is 0.601. The zero-order valence-electron chi connectivity index (χ0n) is 15.0. The van der Waals surface area contributed by atoms with Gasteiger partial charge in [-0.25, -0.2) is 18.0 Å². The summed E-state index contributed by atoms with van der Waals surface area (Å²) < 4.78 is 29.6. The topological polar surface area (TPSA) is 81.1 Å². The van der Waals surface area contributed by atoms with E-state index in [0.717, 1.165) is 5.56 Å². The van der Waals surface area contributed by atoms with Crippen LogP contribution in [0.2, 0.25) is 0 Å². The minimum atomic E-state index is -3.88. The Morgan fingerprint density at radius 3 is 2.36 bits per heavy atom. The van der Waals surface area contributed by atoms with E-state index >= 15 is 0 Å². The van der Waals surface area contributed by atoms with E-state index in [4.69, 9.17) is 0 Å². The summed E-state index contributed by atoms with van der Waals surface area (Å²) in [5.74, 6) is 0.461. The standard InChI is InChI=1S/C21H17N3O3S/c1-15-9-11-17(12-10-15)28(26,27)23-20-14-16-6-2-3-7-18(16)21(25)24(20)19-8-4-5-13-22-19/h2-14,23H,1H3. The first-order chi connectivity index (χ1) is 13.5. The molecule has 0 spiro atoms. The number of pyridine rings is 2. The van der Waals surface area contributed by atoms with Crippen LogP contribution in [0.3, 0.4) is 0 Å². The van der Waals surface area contributed by atoms with Crippen molar-refractivity contribution in [2.45, 2.75) is 11.8 Å². The molecule has 140 valence electrons. The van der Waals surface area contributed by atoms with Crippen LogP contribution in [0.1, 0.15) is 5.56 Å². The van der Waals surface area contributed by atoms with Crippen molar-refractivity contribution < 1.29 is 8.42 Å². The van der Waals surface area contributed by atoms with E-state index in [9.17, 15) is 13.2 Å². The lowest BCUT2D eigenvalue weighted by atomic mass is 10.1. The fourth-order valence-electron chi connectivity index (χ4n) is 2.96. The van der Waals surface area contributed by atoms with E-state index < -0.39 is 10.0 Å². The van der Waals surface area contributed by atoms with E-state index in [2.05, 4.69) is 9.71 Å².